The summed E-state index contributed by atoms with van der Waals surface area (Å²) >= 11 is 0. The van der Waals surface area contributed by atoms with Crippen LogP contribution in [0.5, 0.6) is 5.75 Å². The second kappa shape index (κ2) is 7.23. The van der Waals surface area contributed by atoms with Gasteiger partial charge in [0.05, 0.1) is 7.11 Å². The quantitative estimate of drug-likeness (QED) is 0.856. The Morgan fingerprint density at radius 1 is 1.14 bits per heavy atom. The van der Waals surface area contributed by atoms with Crippen LogP contribution >= 0.6 is 0 Å². The van der Waals surface area contributed by atoms with Crippen LogP contribution in [0.2, 0.25) is 0 Å². The van der Waals surface area contributed by atoms with E-state index in [0.29, 0.717) is 11.3 Å². The zero-order chi connectivity index (χ0) is 15.2. The second-order valence-corrected chi connectivity index (χ2v) is 5.12. The Kier molecular flexibility index (Phi) is 5.34. The van der Waals surface area contributed by atoms with Crippen LogP contribution in [0.15, 0.2) is 48.5 Å². The topological polar surface area (TPSA) is 21.3 Å². The van der Waals surface area contributed by atoms with Gasteiger partial charge in [0.2, 0.25) is 0 Å². The molecule has 0 saturated carbocycles. The lowest BCUT2D eigenvalue weighted by molar-refractivity contribution is 0.406. The van der Waals surface area contributed by atoms with Crippen molar-refractivity contribution in [2.45, 2.75) is 25.8 Å². The maximum absolute atomic E-state index is 14.4. The van der Waals surface area contributed by atoms with E-state index in [9.17, 15) is 4.39 Å². The van der Waals surface area contributed by atoms with Crippen LogP contribution < -0.4 is 10.1 Å². The van der Waals surface area contributed by atoms with E-state index in [1.54, 1.807) is 19.2 Å². The Morgan fingerprint density at radius 3 is 2.43 bits per heavy atom. The van der Waals surface area contributed by atoms with Gasteiger partial charge in [0.25, 0.3) is 0 Å². The highest BCUT2D eigenvalue weighted by Crippen LogP contribution is 2.33. The molecule has 0 aliphatic carbocycles. The van der Waals surface area contributed by atoms with Gasteiger partial charge < -0.3 is 10.1 Å². The fourth-order valence-electron chi connectivity index (χ4n) is 2.61. The fraction of sp³-hybridized carbons (Fsp3) is 0.333. The molecule has 2 rings (SSSR count). The molecule has 0 saturated heterocycles. The molecule has 2 unspecified atom stereocenters. The van der Waals surface area contributed by atoms with Crippen LogP contribution in [0.25, 0.3) is 0 Å². The minimum Gasteiger partial charge on any atom is -0.497 e. The lowest BCUT2D eigenvalue weighted by Crippen LogP contribution is -2.26. The van der Waals surface area contributed by atoms with Crippen LogP contribution in [0.1, 0.15) is 36.9 Å². The number of methoxy groups -OCH3 is 1. The average Bonchev–Trinajstić information content (AvgIpc) is 2.53. The van der Waals surface area contributed by atoms with Crippen molar-refractivity contribution in [3.05, 3.63) is 65.5 Å². The first-order valence-electron chi connectivity index (χ1n) is 7.29. The molecule has 2 atom stereocenters. The van der Waals surface area contributed by atoms with Gasteiger partial charge in [-0.15, -0.1) is 0 Å². The molecule has 0 amide bonds. The SMILES string of the molecule is CCNC(c1ccc(OC)cc1F)C(C)c1ccccc1. The third-order valence-corrected chi connectivity index (χ3v) is 3.79. The Morgan fingerprint density at radius 2 is 1.86 bits per heavy atom. The molecule has 112 valence electrons. The molecular weight excluding hydrogens is 265 g/mol. The van der Waals surface area contributed by atoms with Gasteiger partial charge in [-0.2, -0.15) is 0 Å². The summed E-state index contributed by atoms with van der Waals surface area (Å²) in [5.41, 5.74) is 1.87. The minimum absolute atomic E-state index is 0.0664. The second-order valence-electron chi connectivity index (χ2n) is 5.12. The number of ether oxygens (including phenoxy) is 1. The molecule has 0 fully saturated rings. The van der Waals surface area contributed by atoms with Gasteiger partial charge in [-0.25, -0.2) is 4.39 Å². The number of hydrogen-bond acceptors (Lipinski definition) is 2. The molecule has 0 aliphatic heterocycles. The number of rotatable bonds is 6. The van der Waals surface area contributed by atoms with E-state index in [2.05, 4.69) is 24.4 Å². The number of hydrogen-bond donors (Lipinski definition) is 1. The summed E-state index contributed by atoms with van der Waals surface area (Å²) in [5.74, 6) is 0.482. The smallest absolute Gasteiger partial charge is 0.131 e. The Balaban J connectivity index is 2.34. The van der Waals surface area contributed by atoms with Crippen molar-refractivity contribution in [3.63, 3.8) is 0 Å². The molecular formula is C18H22FNO. The standard InChI is InChI=1S/C18H22FNO/c1-4-20-18(13(2)14-8-6-5-7-9-14)16-11-10-15(21-3)12-17(16)19/h5-13,18,20H,4H2,1-3H3. The van der Waals surface area contributed by atoms with Crippen LogP contribution in [0.3, 0.4) is 0 Å². The highest BCUT2D eigenvalue weighted by Gasteiger charge is 2.23. The summed E-state index contributed by atoms with van der Waals surface area (Å²) in [6.07, 6.45) is 0. The number of benzene rings is 2. The molecule has 21 heavy (non-hydrogen) atoms. The van der Waals surface area contributed by atoms with E-state index in [0.717, 1.165) is 6.54 Å². The third-order valence-electron chi connectivity index (χ3n) is 3.79. The van der Waals surface area contributed by atoms with Gasteiger partial charge in [-0.3, -0.25) is 0 Å². The van der Waals surface area contributed by atoms with Crippen molar-refractivity contribution >= 4 is 0 Å². The van der Waals surface area contributed by atoms with Crippen LogP contribution in [0, 0.1) is 5.82 Å². The molecule has 0 bridgehead atoms. The highest BCUT2D eigenvalue weighted by molar-refractivity contribution is 5.33. The zero-order valence-corrected chi connectivity index (χ0v) is 12.8. The predicted molar refractivity (Wildman–Crippen MR) is 84.2 cm³/mol. The van der Waals surface area contributed by atoms with Crippen LogP contribution in [-0.2, 0) is 0 Å². The lowest BCUT2D eigenvalue weighted by atomic mass is 9.88. The molecule has 2 aromatic rings. The molecule has 3 heteroatoms. The van der Waals surface area contributed by atoms with Gasteiger partial charge in [0.1, 0.15) is 11.6 Å². The predicted octanol–water partition coefficient (Wildman–Crippen LogP) is 4.29. The summed E-state index contributed by atoms with van der Waals surface area (Å²) < 4.78 is 19.4. The molecule has 2 aromatic carbocycles. The Bertz CT molecular complexity index is 571. The van der Waals surface area contributed by atoms with E-state index in [4.69, 9.17) is 4.74 Å². The summed E-state index contributed by atoms with van der Waals surface area (Å²) in [4.78, 5) is 0. The van der Waals surface area contributed by atoms with Crippen LogP contribution in [-0.4, -0.2) is 13.7 Å². The van der Waals surface area contributed by atoms with Gasteiger partial charge in [-0.05, 0) is 18.2 Å². The van der Waals surface area contributed by atoms with Gasteiger partial charge in [0, 0.05) is 23.6 Å². The molecule has 0 aromatic heterocycles. The Hall–Kier alpha value is -1.87. The molecule has 0 radical (unpaired) electrons. The summed E-state index contributed by atoms with van der Waals surface area (Å²) in [5, 5.41) is 3.39. The number of halogens is 1. The van der Waals surface area contributed by atoms with Crippen molar-refractivity contribution in [1.29, 1.82) is 0 Å². The van der Waals surface area contributed by atoms with E-state index in [1.165, 1.54) is 11.6 Å². The third kappa shape index (κ3) is 3.61. The largest absolute Gasteiger partial charge is 0.497 e. The van der Waals surface area contributed by atoms with Crippen molar-refractivity contribution in [2.75, 3.05) is 13.7 Å². The summed E-state index contributed by atoms with van der Waals surface area (Å²) in [6, 6.07) is 15.2. The monoisotopic (exact) mass is 287 g/mol. The van der Waals surface area contributed by atoms with Gasteiger partial charge in [-0.1, -0.05) is 50.2 Å². The van der Waals surface area contributed by atoms with Crippen LogP contribution in [0.4, 0.5) is 4.39 Å². The summed E-state index contributed by atoms with van der Waals surface area (Å²) in [7, 11) is 1.54. The molecule has 0 heterocycles. The zero-order valence-electron chi connectivity index (χ0n) is 12.8. The first kappa shape index (κ1) is 15.5. The van der Waals surface area contributed by atoms with Gasteiger partial charge >= 0.3 is 0 Å². The molecule has 2 nitrogen and oxygen atoms in total. The van der Waals surface area contributed by atoms with E-state index < -0.39 is 0 Å². The first-order valence-corrected chi connectivity index (χ1v) is 7.29. The van der Waals surface area contributed by atoms with E-state index in [1.807, 2.05) is 25.1 Å². The van der Waals surface area contributed by atoms with Crippen molar-refractivity contribution in [2.24, 2.45) is 0 Å². The van der Waals surface area contributed by atoms with Crippen molar-refractivity contribution in [1.82, 2.24) is 5.32 Å². The lowest BCUT2D eigenvalue weighted by Gasteiger charge is -2.26. The van der Waals surface area contributed by atoms with Gasteiger partial charge in [0.15, 0.2) is 0 Å². The minimum atomic E-state index is -0.233. The normalized spacial score (nSPS) is 13.7. The van der Waals surface area contributed by atoms with Crippen molar-refractivity contribution in [3.8, 4) is 5.75 Å². The Labute approximate surface area is 126 Å². The molecule has 0 spiro atoms. The van der Waals surface area contributed by atoms with E-state index >= 15 is 0 Å². The first-order chi connectivity index (χ1) is 10.2. The number of nitrogens with one attached hydrogen (secondary N) is 1. The average molecular weight is 287 g/mol. The maximum atomic E-state index is 14.4. The fourth-order valence-corrected chi connectivity index (χ4v) is 2.61. The summed E-state index contributed by atoms with van der Waals surface area (Å²) in [6.45, 7) is 4.94. The van der Waals surface area contributed by atoms with Crippen molar-refractivity contribution < 1.29 is 9.13 Å². The highest BCUT2D eigenvalue weighted by atomic mass is 19.1. The number of likely N-dealkylation sites (N-methyl/N-ethyl adjacent to an activating group) is 1. The van der Waals surface area contributed by atoms with E-state index in [-0.39, 0.29) is 17.8 Å². The molecule has 1 N–H and O–H groups in total. The maximum Gasteiger partial charge on any atom is 0.131 e. The molecule has 0 aliphatic rings.